The molecule has 0 saturated carbocycles. The first kappa shape index (κ1) is 7.92. The highest BCUT2D eigenvalue weighted by Gasteiger charge is 2.23. The Morgan fingerprint density at radius 3 is 1.88 bits per heavy atom. The molecule has 0 aliphatic rings. The van der Waals surface area contributed by atoms with E-state index in [1.807, 2.05) is 0 Å². The minimum Gasteiger partial charge on any atom is -0.194 e. The summed E-state index contributed by atoms with van der Waals surface area (Å²) in [5.41, 5.74) is 0. The molecule has 8 heavy (non-hydrogen) atoms. The predicted octanol–water partition coefficient (Wildman–Crippen LogP) is 1.68. The highest BCUT2D eigenvalue weighted by Crippen LogP contribution is 2.24. The zero-order chi connectivity index (χ0) is 6.62. The van der Waals surface area contributed by atoms with Crippen molar-refractivity contribution in [3.05, 3.63) is 0 Å². The second-order valence-corrected chi connectivity index (χ2v) is 3.45. The Morgan fingerprint density at radius 1 is 1.50 bits per heavy atom. The van der Waals surface area contributed by atoms with Crippen molar-refractivity contribution in [2.75, 3.05) is 0 Å². The topological polar surface area (TPSA) is 23.8 Å². The van der Waals surface area contributed by atoms with Gasteiger partial charge in [-0.25, -0.2) is 0 Å². The van der Waals surface area contributed by atoms with Crippen LogP contribution in [0, 0.1) is 11.3 Å². The molecule has 0 rings (SSSR count). The standard InChI is InChI=1S/C6H12NP/c1-3-6(8,4-2)5-7/h3-4,8H2,1-2H3/p+1. The molecule has 0 aromatic heterocycles. The van der Waals surface area contributed by atoms with Crippen molar-refractivity contribution in [3.8, 4) is 6.07 Å². The van der Waals surface area contributed by atoms with Crippen LogP contribution in [0.4, 0.5) is 0 Å². The van der Waals surface area contributed by atoms with Gasteiger partial charge >= 0.3 is 0 Å². The van der Waals surface area contributed by atoms with E-state index >= 15 is 0 Å². The molecule has 0 saturated heterocycles. The molecule has 0 radical (unpaired) electrons. The van der Waals surface area contributed by atoms with Gasteiger partial charge in [-0.1, -0.05) is 13.8 Å². The van der Waals surface area contributed by atoms with Crippen molar-refractivity contribution < 1.29 is 0 Å². The van der Waals surface area contributed by atoms with Crippen molar-refractivity contribution in [3.63, 3.8) is 0 Å². The highest BCUT2D eigenvalue weighted by molar-refractivity contribution is 7.19. The van der Waals surface area contributed by atoms with Gasteiger partial charge in [0.2, 0.25) is 0 Å². The van der Waals surface area contributed by atoms with Crippen LogP contribution in [0.3, 0.4) is 0 Å². The second-order valence-electron chi connectivity index (χ2n) is 2.10. The third-order valence-electron chi connectivity index (χ3n) is 1.59. The van der Waals surface area contributed by atoms with Crippen LogP contribution in [0.1, 0.15) is 26.7 Å². The smallest absolute Gasteiger partial charge is 0.156 e. The van der Waals surface area contributed by atoms with Crippen LogP contribution in [0.5, 0.6) is 0 Å². The van der Waals surface area contributed by atoms with Gasteiger partial charge in [0.05, 0.1) is 0 Å². The monoisotopic (exact) mass is 130 g/mol. The molecule has 0 fully saturated rings. The van der Waals surface area contributed by atoms with Gasteiger partial charge in [0.25, 0.3) is 0 Å². The molecule has 1 unspecified atom stereocenters. The zero-order valence-electron chi connectivity index (χ0n) is 5.57. The molecule has 0 aliphatic carbocycles. The Kier molecular flexibility index (Phi) is 3.02. The third-order valence-corrected chi connectivity index (χ3v) is 2.75. The maximum atomic E-state index is 8.54. The molecule has 0 heterocycles. The van der Waals surface area contributed by atoms with E-state index in [4.69, 9.17) is 5.26 Å². The summed E-state index contributed by atoms with van der Waals surface area (Å²) in [4.78, 5) is 0. The number of hydrogen-bond acceptors (Lipinski definition) is 1. The summed E-state index contributed by atoms with van der Waals surface area (Å²) in [5.74, 6) is 0. The van der Waals surface area contributed by atoms with E-state index in [0.717, 1.165) is 12.8 Å². The average molecular weight is 130 g/mol. The third kappa shape index (κ3) is 1.80. The Morgan fingerprint density at radius 2 is 1.88 bits per heavy atom. The Hall–Kier alpha value is -0.0800. The van der Waals surface area contributed by atoms with Crippen LogP contribution in [-0.2, 0) is 0 Å². The summed E-state index contributed by atoms with van der Waals surface area (Å²) in [6.07, 6.45) is 1.94. The van der Waals surface area contributed by atoms with Crippen LogP contribution in [0.15, 0.2) is 0 Å². The summed E-state index contributed by atoms with van der Waals surface area (Å²) >= 11 is 0. The van der Waals surface area contributed by atoms with E-state index in [2.05, 4.69) is 19.9 Å². The number of hydrogen-bond donors (Lipinski definition) is 0. The molecule has 0 aromatic carbocycles. The fourth-order valence-corrected chi connectivity index (χ4v) is 0.408. The van der Waals surface area contributed by atoms with Gasteiger partial charge in [-0.05, 0) is 22.1 Å². The van der Waals surface area contributed by atoms with E-state index in [0.29, 0.717) is 0 Å². The maximum Gasteiger partial charge on any atom is 0.156 e. The highest BCUT2D eigenvalue weighted by atomic mass is 31.0. The summed E-state index contributed by atoms with van der Waals surface area (Å²) in [7, 11) is 1.80. The van der Waals surface area contributed by atoms with Gasteiger partial charge in [0.15, 0.2) is 5.16 Å². The van der Waals surface area contributed by atoms with Gasteiger partial charge in [-0.3, -0.25) is 0 Å². The molecular weight excluding hydrogens is 117 g/mol. The fourth-order valence-electron chi connectivity index (χ4n) is 0.408. The van der Waals surface area contributed by atoms with Gasteiger partial charge in [0.1, 0.15) is 6.07 Å². The maximum absolute atomic E-state index is 8.54. The van der Waals surface area contributed by atoms with E-state index in [1.54, 1.807) is 9.24 Å². The van der Waals surface area contributed by atoms with Gasteiger partial charge in [-0.15, -0.1) is 0 Å². The van der Waals surface area contributed by atoms with Crippen LogP contribution >= 0.6 is 9.24 Å². The van der Waals surface area contributed by atoms with Crippen molar-refractivity contribution in [1.29, 1.82) is 5.26 Å². The first-order valence-corrected chi connectivity index (χ1v) is 3.66. The zero-order valence-corrected chi connectivity index (χ0v) is 6.98. The Bertz CT molecular complexity index is 99.6. The first-order chi connectivity index (χ1) is 3.68. The van der Waals surface area contributed by atoms with E-state index in [9.17, 15) is 0 Å². The molecule has 0 spiro atoms. The van der Waals surface area contributed by atoms with Crippen LogP contribution < -0.4 is 0 Å². The number of rotatable bonds is 2. The molecule has 0 aromatic rings. The van der Waals surface area contributed by atoms with Crippen molar-refractivity contribution in [1.82, 2.24) is 0 Å². The second kappa shape index (κ2) is 3.05. The van der Waals surface area contributed by atoms with Crippen LogP contribution in [0.25, 0.3) is 0 Å². The lowest BCUT2D eigenvalue weighted by Crippen LogP contribution is -2.13. The molecule has 0 aliphatic heterocycles. The molecule has 46 valence electrons. The molecule has 0 bridgehead atoms. The molecule has 0 N–H and O–H groups in total. The normalized spacial score (nSPS) is 11.1. The lowest BCUT2D eigenvalue weighted by atomic mass is 10.1. The summed E-state index contributed by atoms with van der Waals surface area (Å²) < 4.78 is 0. The lowest BCUT2D eigenvalue weighted by molar-refractivity contribution is 0.672. The first-order valence-electron chi connectivity index (χ1n) is 2.95. The van der Waals surface area contributed by atoms with E-state index in [-0.39, 0.29) is 5.16 Å². The van der Waals surface area contributed by atoms with Gasteiger partial charge in [-0.2, -0.15) is 5.26 Å². The lowest BCUT2D eigenvalue weighted by Gasteiger charge is -2.08. The van der Waals surface area contributed by atoms with Crippen molar-refractivity contribution in [2.24, 2.45) is 0 Å². The van der Waals surface area contributed by atoms with Crippen molar-refractivity contribution >= 4 is 9.24 Å². The molecule has 0 amide bonds. The largest absolute Gasteiger partial charge is 0.194 e. The molecule has 1 nitrogen and oxygen atoms in total. The predicted molar refractivity (Wildman–Crippen MR) is 40.0 cm³/mol. The fraction of sp³-hybridized carbons (Fsp3) is 0.833. The minimum absolute atomic E-state index is 0.0417. The SMILES string of the molecule is CCC([PH3+])(C#N)CC. The van der Waals surface area contributed by atoms with E-state index < -0.39 is 0 Å². The van der Waals surface area contributed by atoms with Gasteiger partial charge < -0.3 is 0 Å². The molecule has 1 atom stereocenters. The molecular formula is C6H13NP+. The average Bonchev–Trinajstić information content (AvgIpc) is 1.87. The van der Waals surface area contributed by atoms with E-state index in [1.165, 1.54) is 0 Å². The minimum atomic E-state index is -0.0417. The summed E-state index contributed by atoms with van der Waals surface area (Å²) in [6, 6.07) is 2.29. The van der Waals surface area contributed by atoms with Crippen LogP contribution in [0.2, 0.25) is 0 Å². The quantitative estimate of drug-likeness (QED) is 0.521. The Balaban J connectivity index is 3.83. The Labute approximate surface area is 53.3 Å². The number of nitriles is 1. The number of nitrogens with zero attached hydrogens (tertiary/aromatic N) is 1. The summed E-state index contributed by atoms with van der Waals surface area (Å²) in [6.45, 7) is 4.11. The van der Waals surface area contributed by atoms with Crippen LogP contribution in [-0.4, -0.2) is 5.16 Å². The van der Waals surface area contributed by atoms with Gasteiger partial charge in [0, 0.05) is 0 Å². The van der Waals surface area contributed by atoms with Crippen molar-refractivity contribution in [2.45, 2.75) is 31.8 Å². The molecule has 2 heteroatoms. The summed E-state index contributed by atoms with van der Waals surface area (Å²) in [5, 5.41) is 8.50.